The Morgan fingerprint density at radius 3 is 2.50 bits per heavy atom. The van der Waals surface area contributed by atoms with Gasteiger partial charge in [-0.15, -0.1) is 0 Å². The summed E-state index contributed by atoms with van der Waals surface area (Å²) in [5.41, 5.74) is 3.00. The number of benzene rings is 2. The van der Waals surface area contributed by atoms with Gasteiger partial charge in [0.15, 0.2) is 0 Å². The van der Waals surface area contributed by atoms with Gasteiger partial charge in [-0.2, -0.15) is 0 Å². The molecule has 116 valence electrons. The van der Waals surface area contributed by atoms with Crippen LogP contribution in [0.1, 0.15) is 17.5 Å². The Morgan fingerprint density at radius 1 is 1.05 bits per heavy atom. The van der Waals surface area contributed by atoms with E-state index < -0.39 is 0 Å². The van der Waals surface area contributed by atoms with Crippen molar-refractivity contribution in [2.24, 2.45) is 0 Å². The van der Waals surface area contributed by atoms with Crippen LogP contribution in [0.3, 0.4) is 0 Å². The first kappa shape index (κ1) is 16.2. The average molecular weight is 300 g/mol. The van der Waals surface area contributed by atoms with Gasteiger partial charge in [0.25, 0.3) is 0 Å². The third kappa shape index (κ3) is 5.30. The van der Waals surface area contributed by atoms with Crippen LogP contribution in [0, 0.1) is 12.7 Å². The fraction of sp³-hybridized carbons (Fsp3) is 0.278. The molecule has 2 aromatic carbocycles. The molecule has 0 aromatic heterocycles. The van der Waals surface area contributed by atoms with Gasteiger partial charge in [0.1, 0.15) is 5.82 Å². The lowest BCUT2D eigenvalue weighted by atomic mass is 10.1. The molecule has 4 heteroatoms. The Balaban J connectivity index is 1.63. The Labute approximate surface area is 130 Å². The number of carbonyl (C=O) groups is 1. The molecule has 2 rings (SSSR count). The molecule has 0 heterocycles. The van der Waals surface area contributed by atoms with E-state index in [1.165, 1.54) is 12.1 Å². The van der Waals surface area contributed by atoms with E-state index in [0.29, 0.717) is 13.0 Å². The summed E-state index contributed by atoms with van der Waals surface area (Å²) in [5.74, 6) is -0.215. The molecule has 22 heavy (non-hydrogen) atoms. The molecule has 0 fully saturated rings. The normalized spacial score (nSPS) is 10.5. The molecule has 0 aliphatic rings. The van der Waals surface area contributed by atoms with Crippen LogP contribution in [0.15, 0.2) is 48.5 Å². The highest BCUT2D eigenvalue weighted by Crippen LogP contribution is 2.13. The maximum atomic E-state index is 12.8. The number of aryl methyl sites for hydroxylation is 1. The van der Waals surface area contributed by atoms with Gasteiger partial charge < -0.3 is 10.6 Å². The molecule has 0 saturated heterocycles. The smallest absolute Gasteiger partial charge is 0.225 e. The molecule has 0 saturated carbocycles. The van der Waals surface area contributed by atoms with Crippen LogP contribution in [0.5, 0.6) is 0 Å². The highest BCUT2D eigenvalue weighted by molar-refractivity contribution is 5.91. The summed E-state index contributed by atoms with van der Waals surface area (Å²) >= 11 is 0. The molecule has 0 radical (unpaired) electrons. The summed E-state index contributed by atoms with van der Waals surface area (Å²) in [6, 6.07) is 14.2. The topological polar surface area (TPSA) is 41.1 Å². The Kier molecular flexibility index (Phi) is 6.10. The van der Waals surface area contributed by atoms with E-state index in [-0.39, 0.29) is 11.7 Å². The highest BCUT2D eigenvalue weighted by Gasteiger charge is 2.03. The molecule has 2 N–H and O–H groups in total. The van der Waals surface area contributed by atoms with Gasteiger partial charge in [-0.25, -0.2) is 4.39 Å². The fourth-order valence-electron chi connectivity index (χ4n) is 2.14. The van der Waals surface area contributed by atoms with Crippen LogP contribution in [-0.4, -0.2) is 19.0 Å². The van der Waals surface area contributed by atoms with Crippen molar-refractivity contribution in [3.63, 3.8) is 0 Å². The Morgan fingerprint density at radius 2 is 1.77 bits per heavy atom. The van der Waals surface area contributed by atoms with Crippen LogP contribution in [-0.2, 0) is 11.2 Å². The summed E-state index contributed by atoms with van der Waals surface area (Å²) in [5, 5.41) is 6.13. The first-order chi connectivity index (χ1) is 10.6. The number of amides is 1. The molecule has 0 aliphatic carbocycles. The van der Waals surface area contributed by atoms with Crippen molar-refractivity contribution in [1.82, 2.24) is 5.32 Å². The maximum Gasteiger partial charge on any atom is 0.225 e. The summed E-state index contributed by atoms with van der Waals surface area (Å²) in [6.45, 7) is 3.36. The zero-order valence-corrected chi connectivity index (χ0v) is 12.7. The number of hydrogen-bond acceptors (Lipinski definition) is 2. The molecule has 0 aliphatic heterocycles. The number of para-hydroxylation sites is 1. The number of hydrogen-bond donors (Lipinski definition) is 2. The molecule has 2 aromatic rings. The van der Waals surface area contributed by atoms with Crippen molar-refractivity contribution in [3.05, 3.63) is 65.5 Å². The molecule has 3 nitrogen and oxygen atoms in total. The third-order valence-electron chi connectivity index (χ3n) is 3.45. The van der Waals surface area contributed by atoms with Gasteiger partial charge in [-0.3, -0.25) is 4.79 Å². The van der Waals surface area contributed by atoms with Gasteiger partial charge >= 0.3 is 0 Å². The molecular formula is C18H21FN2O. The van der Waals surface area contributed by atoms with Crippen molar-refractivity contribution in [2.75, 3.05) is 18.4 Å². The van der Waals surface area contributed by atoms with Gasteiger partial charge in [0.2, 0.25) is 5.91 Å². The standard InChI is InChI=1S/C18H21FN2O/c1-14-4-2-3-5-17(14)21-18(22)11-13-20-12-10-15-6-8-16(19)9-7-15/h2-9,20H,10-13H2,1H3,(H,21,22). The largest absolute Gasteiger partial charge is 0.326 e. The average Bonchev–Trinajstić information content (AvgIpc) is 2.51. The number of halogens is 1. The number of rotatable bonds is 7. The molecule has 0 atom stereocenters. The quantitative estimate of drug-likeness (QED) is 0.770. The second kappa shape index (κ2) is 8.29. The van der Waals surface area contributed by atoms with Gasteiger partial charge in [0, 0.05) is 18.7 Å². The summed E-state index contributed by atoms with van der Waals surface area (Å²) in [4.78, 5) is 11.8. The summed E-state index contributed by atoms with van der Waals surface area (Å²) in [6.07, 6.45) is 1.25. The predicted octanol–water partition coefficient (Wildman–Crippen LogP) is 3.30. The van der Waals surface area contributed by atoms with Gasteiger partial charge in [0.05, 0.1) is 0 Å². The fourth-order valence-corrected chi connectivity index (χ4v) is 2.14. The van der Waals surface area contributed by atoms with Crippen LogP contribution < -0.4 is 10.6 Å². The van der Waals surface area contributed by atoms with Gasteiger partial charge in [-0.1, -0.05) is 30.3 Å². The molecule has 0 bridgehead atoms. The van der Waals surface area contributed by atoms with Crippen molar-refractivity contribution >= 4 is 11.6 Å². The van der Waals surface area contributed by atoms with Crippen LogP contribution in [0.25, 0.3) is 0 Å². The predicted molar refractivity (Wildman–Crippen MR) is 87.4 cm³/mol. The minimum absolute atomic E-state index is 0.00332. The summed E-state index contributed by atoms with van der Waals surface area (Å²) < 4.78 is 12.8. The second-order valence-corrected chi connectivity index (χ2v) is 5.24. The van der Waals surface area contributed by atoms with E-state index in [9.17, 15) is 9.18 Å². The SMILES string of the molecule is Cc1ccccc1NC(=O)CCNCCc1ccc(F)cc1. The zero-order chi connectivity index (χ0) is 15.8. The minimum atomic E-state index is -0.218. The van der Waals surface area contributed by atoms with Crippen molar-refractivity contribution in [1.29, 1.82) is 0 Å². The van der Waals surface area contributed by atoms with Crippen molar-refractivity contribution in [2.45, 2.75) is 19.8 Å². The lowest BCUT2D eigenvalue weighted by molar-refractivity contribution is -0.116. The zero-order valence-electron chi connectivity index (χ0n) is 12.7. The maximum absolute atomic E-state index is 12.8. The molecule has 1 amide bonds. The van der Waals surface area contributed by atoms with E-state index in [1.807, 2.05) is 31.2 Å². The number of anilines is 1. The van der Waals surface area contributed by atoms with Crippen LogP contribution >= 0.6 is 0 Å². The number of nitrogens with one attached hydrogen (secondary N) is 2. The lowest BCUT2D eigenvalue weighted by Gasteiger charge is -2.08. The highest BCUT2D eigenvalue weighted by atomic mass is 19.1. The van der Waals surface area contributed by atoms with E-state index in [2.05, 4.69) is 10.6 Å². The Hall–Kier alpha value is -2.20. The van der Waals surface area contributed by atoms with Crippen LogP contribution in [0.4, 0.5) is 10.1 Å². The minimum Gasteiger partial charge on any atom is -0.326 e. The van der Waals surface area contributed by atoms with Crippen LogP contribution in [0.2, 0.25) is 0 Å². The van der Waals surface area contributed by atoms with E-state index >= 15 is 0 Å². The Bertz CT molecular complexity index is 611. The van der Waals surface area contributed by atoms with E-state index in [4.69, 9.17) is 0 Å². The van der Waals surface area contributed by atoms with Crippen molar-refractivity contribution < 1.29 is 9.18 Å². The summed E-state index contributed by atoms with van der Waals surface area (Å²) in [7, 11) is 0. The monoisotopic (exact) mass is 300 g/mol. The molecule has 0 spiro atoms. The van der Waals surface area contributed by atoms with E-state index in [1.54, 1.807) is 12.1 Å². The van der Waals surface area contributed by atoms with E-state index in [0.717, 1.165) is 29.8 Å². The third-order valence-corrected chi connectivity index (χ3v) is 3.45. The molecular weight excluding hydrogens is 279 g/mol. The number of carbonyl (C=O) groups excluding carboxylic acids is 1. The first-order valence-corrected chi connectivity index (χ1v) is 7.46. The molecule has 0 unspecified atom stereocenters. The lowest BCUT2D eigenvalue weighted by Crippen LogP contribution is -2.23. The van der Waals surface area contributed by atoms with Crippen molar-refractivity contribution in [3.8, 4) is 0 Å². The first-order valence-electron chi connectivity index (χ1n) is 7.46. The van der Waals surface area contributed by atoms with Gasteiger partial charge in [-0.05, 0) is 49.2 Å². The second-order valence-electron chi connectivity index (χ2n) is 5.24.